The van der Waals surface area contributed by atoms with Crippen molar-refractivity contribution >= 4 is 5.97 Å². The van der Waals surface area contributed by atoms with Crippen molar-refractivity contribution in [3.63, 3.8) is 0 Å². The Morgan fingerprint density at radius 2 is 2.46 bits per heavy atom. The molecule has 0 aromatic carbocycles. The lowest BCUT2D eigenvalue weighted by molar-refractivity contribution is -0.154. The molecule has 1 saturated heterocycles. The number of carbonyl (C=O) groups excluding carboxylic acids is 1. The van der Waals surface area contributed by atoms with Crippen molar-refractivity contribution in [2.75, 3.05) is 26.9 Å². The van der Waals surface area contributed by atoms with Crippen LogP contribution in [0.4, 0.5) is 0 Å². The molecule has 76 valence electrons. The number of hydrogen-bond donors (Lipinski definition) is 1. The highest BCUT2D eigenvalue weighted by atomic mass is 16.5. The number of ether oxygens (including phenoxy) is 2. The quantitative estimate of drug-likeness (QED) is 0.646. The molecule has 1 aliphatic heterocycles. The minimum absolute atomic E-state index is 0.214. The van der Waals surface area contributed by atoms with Crippen LogP contribution in [-0.2, 0) is 14.3 Å². The summed E-state index contributed by atoms with van der Waals surface area (Å²) in [7, 11) is 1.41. The summed E-state index contributed by atoms with van der Waals surface area (Å²) in [5.41, 5.74) is -0.595. The number of nitrogens with one attached hydrogen (secondary N) is 1. The molecule has 1 atom stereocenters. The van der Waals surface area contributed by atoms with Crippen LogP contribution in [0.3, 0.4) is 0 Å². The highest BCUT2D eigenvalue weighted by Crippen LogP contribution is 2.20. The van der Waals surface area contributed by atoms with Crippen molar-refractivity contribution in [2.45, 2.75) is 25.3 Å². The summed E-state index contributed by atoms with van der Waals surface area (Å²) >= 11 is 0. The Labute approximate surface area is 78.6 Å². The molecule has 1 heterocycles. The van der Waals surface area contributed by atoms with Crippen molar-refractivity contribution in [2.24, 2.45) is 0 Å². The van der Waals surface area contributed by atoms with E-state index in [9.17, 15) is 4.79 Å². The van der Waals surface area contributed by atoms with Gasteiger partial charge in [-0.1, -0.05) is 6.92 Å². The number of methoxy groups -OCH3 is 1. The summed E-state index contributed by atoms with van der Waals surface area (Å²) in [5.74, 6) is -0.214. The molecular weight excluding hydrogens is 170 g/mol. The molecule has 13 heavy (non-hydrogen) atoms. The van der Waals surface area contributed by atoms with E-state index in [-0.39, 0.29) is 5.97 Å². The average Bonchev–Trinajstić information content (AvgIpc) is 2.18. The Hall–Kier alpha value is -0.610. The van der Waals surface area contributed by atoms with Gasteiger partial charge in [0.05, 0.1) is 13.7 Å². The van der Waals surface area contributed by atoms with Crippen LogP contribution < -0.4 is 5.32 Å². The van der Waals surface area contributed by atoms with E-state index >= 15 is 0 Å². The molecule has 1 fully saturated rings. The Kier molecular flexibility index (Phi) is 3.69. The smallest absolute Gasteiger partial charge is 0.328 e. The molecule has 1 N–H and O–H groups in total. The topological polar surface area (TPSA) is 47.6 Å². The Morgan fingerprint density at radius 3 is 2.92 bits per heavy atom. The highest BCUT2D eigenvalue weighted by Gasteiger charge is 2.40. The summed E-state index contributed by atoms with van der Waals surface area (Å²) in [6.07, 6.45) is 1.70. The van der Waals surface area contributed by atoms with Crippen LogP contribution in [0, 0.1) is 0 Å². The number of esters is 1. The van der Waals surface area contributed by atoms with Crippen LogP contribution in [0.1, 0.15) is 19.8 Å². The molecule has 4 nitrogen and oxygen atoms in total. The number of carbonyl (C=O) groups is 1. The van der Waals surface area contributed by atoms with Crippen molar-refractivity contribution in [3.8, 4) is 0 Å². The largest absolute Gasteiger partial charge is 0.468 e. The van der Waals surface area contributed by atoms with Gasteiger partial charge in [0.25, 0.3) is 0 Å². The second-order valence-electron chi connectivity index (χ2n) is 3.26. The van der Waals surface area contributed by atoms with E-state index in [1.54, 1.807) is 0 Å². The van der Waals surface area contributed by atoms with Crippen molar-refractivity contribution in [1.82, 2.24) is 5.32 Å². The molecular formula is C9H17NO3. The number of likely N-dealkylation sites (N-methyl/N-ethyl adjacent to an activating group) is 1. The van der Waals surface area contributed by atoms with Gasteiger partial charge in [0.1, 0.15) is 5.54 Å². The molecule has 0 radical (unpaired) electrons. The molecule has 1 aliphatic rings. The van der Waals surface area contributed by atoms with E-state index in [2.05, 4.69) is 5.32 Å². The monoisotopic (exact) mass is 187 g/mol. The fraction of sp³-hybridized carbons (Fsp3) is 0.889. The third-order valence-electron chi connectivity index (χ3n) is 2.33. The molecule has 0 bridgehead atoms. The fourth-order valence-corrected chi connectivity index (χ4v) is 1.70. The molecule has 0 aromatic rings. The van der Waals surface area contributed by atoms with E-state index in [1.807, 2.05) is 6.92 Å². The van der Waals surface area contributed by atoms with Gasteiger partial charge in [-0.3, -0.25) is 0 Å². The minimum atomic E-state index is -0.595. The third kappa shape index (κ3) is 2.19. The first-order valence-electron chi connectivity index (χ1n) is 4.66. The van der Waals surface area contributed by atoms with Gasteiger partial charge in [0.15, 0.2) is 0 Å². The molecule has 0 spiro atoms. The summed E-state index contributed by atoms with van der Waals surface area (Å²) in [6.45, 7) is 3.88. The van der Waals surface area contributed by atoms with Crippen LogP contribution in [0.15, 0.2) is 0 Å². The Balaban J connectivity index is 2.66. The normalized spacial score (nSPS) is 28.5. The molecule has 4 heteroatoms. The zero-order valence-electron chi connectivity index (χ0n) is 8.26. The van der Waals surface area contributed by atoms with E-state index in [4.69, 9.17) is 9.47 Å². The third-order valence-corrected chi connectivity index (χ3v) is 2.33. The summed E-state index contributed by atoms with van der Waals surface area (Å²) < 4.78 is 10.1. The summed E-state index contributed by atoms with van der Waals surface area (Å²) in [6, 6.07) is 0. The van der Waals surface area contributed by atoms with Crippen molar-refractivity contribution < 1.29 is 14.3 Å². The Bertz CT molecular complexity index is 170. The molecule has 0 aromatic heterocycles. The second kappa shape index (κ2) is 4.58. The van der Waals surface area contributed by atoms with E-state index < -0.39 is 5.54 Å². The van der Waals surface area contributed by atoms with Gasteiger partial charge in [-0.15, -0.1) is 0 Å². The molecule has 1 rings (SSSR count). The van der Waals surface area contributed by atoms with Gasteiger partial charge >= 0.3 is 5.97 Å². The molecule has 1 unspecified atom stereocenters. The zero-order chi connectivity index (χ0) is 9.73. The summed E-state index contributed by atoms with van der Waals surface area (Å²) in [4.78, 5) is 11.5. The lowest BCUT2D eigenvalue weighted by Crippen LogP contribution is -2.57. The van der Waals surface area contributed by atoms with E-state index in [1.165, 1.54) is 7.11 Å². The molecule has 0 saturated carbocycles. The van der Waals surface area contributed by atoms with Gasteiger partial charge in [-0.05, 0) is 19.4 Å². The Morgan fingerprint density at radius 1 is 1.69 bits per heavy atom. The van der Waals surface area contributed by atoms with Crippen LogP contribution >= 0.6 is 0 Å². The second-order valence-corrected chi connectivity index (χ2v) is 3.26. The summed E-state index contributed by atoms with van der Waals surface area (Å²) in [5, 5.41) is 3.15. The lowest BCUT2D eigenvalue weighted by Gasteiger charge is -2.34. The first-order valence-corrected chi connectivity index (χ1v) is 4.66. The van der Waals surface area contributed by atoms with Gasteiger partial charge < -0.3 is 14.8 Å². The standard InChI is InChI=1S/C9H17NO3/c1-3-10-9(8(11)12-2)5-4-6-13-7-9/h10H,3-7H2,1-2H3. The van der Waals surface area contributed by atoms with Crippen LogP contribution in [0.25, 0.3) is 0 Å². The maximum atomic E-state index is 11.5. The molecule has 0 aliphatic carbocycles. The first-order chi connectivity index (χ1) is 6.25. The van der Waals surface area contributed by atoms with Crippen LogP contribution in [-0.4, -0.2) is 38.4 Å². The maximum Gasteiger partial charge on any atom is 0.328 e. The zero-order valence-corrected chi connectivity index (χ0v) is 8.26. The fourth-order valence-electron chi connectivity index (χ4n) is 1.70. The predicted octanol–water partition coefficient (Wildman–Crippen LogP) is 0.318. The van der Waals surface area contributed by atoms with E-state index in [0.717, 1.165) is 26.0 Å². The van der Waals surface area contributed by atoms with Gasteiger partial charge in [0, 0.05) is 6.61 Å². The van der Waals surface area contributed by atoms with Crippen molar-refractivity contribution in [1.29, 1.82) is 0 Å². The SMILES string of the molecule is CCNC1(C(=O)OC)CCCOC1. The molecule has 0 amide bonds. The van der Waals surface area contributed by atoms with Gasteiger partial charge in [-0.25, -0.2) is 4.79 Å². The maximum absolute atomic E-state index is 11.5. The predicted molar refractivity (Wildman–Crippen MR) is 48.5 cm³/mol. The van der Waals surface area contributed by atoms with Gasteiger partial charge in [0.2, 0.25) is 0 Å². The average molecular weight is 187 g/mol. The number of rotatable bonds is 3. The van der Waals surface area contributed by atoms with Crippen molar-refractivity contribution in [3.05, 3.63) is 0 Å². The lowest BCUT2D eigenvalue weighted by atomic mass is 9.92. The highest BCUT2D eigenvalue weighted by molar-refractivity contribution is 5.81. The first kappa shape index (κ1) is 10.5. The van der Waals surface area contributed by atoms with Crippen LogP contribution in [0.5, 0.6) is 0 Å². The van der Waals surface area contributed by atoms with Gasteiger partial charge in [-0.2, -0.15) is 0 Å². The van der Waals surface area contributed by atoms with Crippen LogP contribution in [0.2, 0.25) is 0 Å². The van der Waals surface area contributed by atoms with E-state index in [0.29, 0.717) is 6.61 Å². The number of hydrogen-bond acceptors (Lipinski definition) is 4. The minimum Gasteiger partial charge on any atom is -0.468 e.